The fourth-order valence-electron chi connectivity index (χ4n) is 1.75. The Morgan fingerprint density at radius 3 is 2.67 bits per heavy atom. The largest absolute Gasteiger partial charge is 0.484 e. The monoisotopic (exact) mass is 352 g/mol. The zero-order valence-corrected chi connectivity index (χ0v) is 13.2. The maximum atomic E-state index is 13.5. The van der Waals surface area contributed by atoms with E-state index in [4.69, 9.17) is 10.5 Å². The van der Waals surface area contributed by atoms with Crippen LogP contribution in [0.1, 0.15) is 0 Å². The van der Waals surface area contributed by atoms with Gasteiger partial charge in [-0.15, -0.1) is 11.8 Å². The van der Waals surface area contributed by atoms with Crippen LogP contribution in [-0.4, -0.2) is 24.2 Å². The molecule has 126 valence electrons. The van der Waals surface area contributed by atoms with Crippen molar-refractivity contribution in [1.82, 2.24) is 0 Å². The van der Waals surface area contributed by atoms with Crippen LogP contribution < -0.4 is 15.8 Å². The predicted molar refractivity (Wildman–Crippen MR) is 86.8 cm³/mol. The summed E-state index contributed by atoms with van der Waals surface area (Å²) in [5.41, 5.74) is 5.45. The van der Waals surface area contributed by atoms with E-state index in [-0.39, 0.29) is 23.2 Å². The van der Waals surface area contributed by atoms with Gasteiger partial charge >= 0.3 is 0 Å². The lowest BCUT2D eigenvalue weighted by molar-refractivity contribution is -0.120. The summed E-state index contributed by atoms with van der Waals surface area (Å²) in [6.45, 7) is -0.267. The molecule has 2 amide bonds. The molecule has 0 heterocycles. The molecule has 0 aromatic heterocycles. The van der Waals surface area contributed by atoms with E-state index in [9.17, 15) is 18.4 Å². The molecule has 2 aromatic rings. The summed E-state index contributed by atoms with van der Waals surface area (Å²) < 4.78 is 31.4. The fraction of sp³-hybridized carbons (Fsp3) is 0.125. The number of hydrogen-bond donors (Lipinski definition) is 2. The van der Waals surface area contributed by atoms with Crippen molar-refractivity contribution in [1.29, 1.82) is 0 Å². The topological polar surface area (TPSA) is 81.4 Å². The molecule has 2 aromatic carbocycles. The molecule has 0 aliphatic rings. The lowest BCUT2D eigenvalue weighted by Gasteiger charge is -2.08. The predicted octanol–water partition coefficient (Wildman–Crippen LogP) is 2.56. The number of primary amides is 1. The summed E-state index contributed by atoms with van der Waals surface area (Å²) in [5, 5.41) is 2.62. The lowest BCUT2D eigenvalue weighted by atomic mass is 10.3. The maximum absolute atomic E-state index is 13.5. The average Bonchev–Trinajstić information content (AvgIpc) is 2.52. The number of carbonyl (C=O) groups is 2. The first-order chi connectivity index (χ1) is 11.4. The molecular weight excluding hydrogens is 338 g/mol. The Morgan fingerprint density at radius 2 is 1.96 bits per heavy atom. The molecule has 2 rings (SSSR count). The maximum Gasteiger partial charge on any atom is 0.255 e. The number of nitrogens with two attached hydrogens (primary N) is 1. The van der Waals surface area contributed by atoms with E-state index >= 15 is 0 Å². The summed E-state index contributed by atoms with van der Waals surface area (Å²) in [5.74, 6) is -2.03. The highest BCUT2D eigenvalue weighted by atomic mass is 32.2. The number of hydrogen-bond acceptors (Lipinski definition) is 4. The van der Waals surface area contributed by atoms with Crippen molar-refractivity contribution in [2.45, 2.75) is 4.90 Å². The van der Waals surface area contributed by atoms with Crippen molar-refractivity contribution in [3.63, 3.8) is 0 Å². The highest BCUT2D eigenvalue weighted by molar-refractivity contribution is 8.00. The van der Waals surface area contributed by atoms with Gasteiger partial charge in [0.1, 0.15) is 17.4 Å². The molecular formula is C16H14F2N2O3S. The molecule has 0 spiro atoms. The minimum atomic E-state index is -0.713. The molecule has 8 heteroatoms. The van der Waals surface area contributed by atoms with E-state index in [1.165, 1.54) is 12.1 Å². The minimum absolute atomic E-state index is 0.0467. The van der Waals surface area contributed by atoms with Gasteiger partial charge in [0.05, 0.1) is 5.75 Å². The van der Waals surface area contributed by atoms with Gasteiger partial charge in [0, 0.05) is 22.7 Å². The van der Waals surface area contributed by atoms with E-state index < -0.39 is 17.5 Å². The number of rotatable bonds is 7. The van der Waals surface area contributed by atoms with Gasteiger partial charge in [-0.05, 0) is 24.3 Å². The number of thioether (sulfide) groups is 1. The molecule has 0 atom stereocenters. The standard InChI is InChI=1S/C16H14F2N2O3S/c17-10-4-5-14(13(18)6-10)24-9-16(22)20-11-2-1-3-12(7-11)23-8-15(19)21/h1-7H,8-9H2,(H2,19,21)(H,20,22). The van der Waals surface area contributed by atoms with Gasteiger partial charge in [0.25, 0.3) is 5.91 Å². The Hall–Kier alpha value is -2.61. The Kier molecular flexibility index (Phi) is 6.14. The number of benzene rings is 2. The third-order valence-electron chi connectivity index (χ3n) is 2.75. The molecule has 0 aliphatic carbocycles. The first-order valence-electron chi connectivity index (χ1n) is 6.83. The van der Waals surface area contributed by atoms with Crippen molar-refractivity contribution < 1.29 is 23.1 Å². The Balaban J connectivity index is 1.90. The zero-order valence-electron chi connectivity index (χ0n) is 12.4. The molecule has 0 unspecified atom stereocenters. The molecule has 3 N–H and O–H groups in total. The SMILES string of the molecule is NC(=O)COc1cccc(NC(=O)CSc2ccc(F)cc2F)c1. The van der Waals surface area contributed by atoms with E-state index in [0.29, 0.717) is 11.4 Å². The van der Waals surface area contributed by atoms with Gasteiger partial charge in [-0.2, -0.15) is 0 Å². The van der Waals surface area contributed by atoms with Gasteiger partial charge in [-0.25, -0.2) is 8.78 Å². The van der Waals surface area contributed by atoms with E-state index in [1.54, 1.807) is 18.2 Å². The van der Waals surface area contributed by atoms with Gasteiger partial charge in [-0.3, -0.25) is 9.59 Å². The van der Waals surface area contributed by atoms with Crippen LogP contribution in [0.25, 0.3) is 0 Å². The Bertz CT molecular complexity index is 756. The van der Waals surface area contributed by atoms with Crippen LogP contribution in [0.4, 0.5) is 14.5 Å². The van der Waals surface area contributed by atoms with E-state index in [0.717, 1.165) is 23.9 Å². The van der Waals surface area contributed by atoms with Crippen molar-refractivity contribution >= 4 is 29.3 Å². The number of nitrogens with one attached hydrogen (secondary N) is 1. The van der Waals surface area contributed by atoms with Gasteiger partial charge in [0.2, 0.25) is 5.91 Å². The first-order valence-corrected chi connectivity index (χ1v) is 7.81. The van der Waals surface area contributed by atoms with Crippen LogP contribution >= 0.6 is 11.8 Å². The van der Waals surface area contributed by atoms with Gasteiger partial charge < -0.3 is 15.8 Å². The van der Waals surface area contributed by atoms with Crippen LogP contribution in [-0.2, 0) is 9.59 Å². The van der Waals surface area contributed by atoms with E-state index in [2.05, 4.69) is 5.32 Å². The van der Waals surface area contributed by atoms with Crippen LogP contribution in [0.15, 0.2) is 47.4 Å². The highest BCUT2D eigenvalue weighted by Gasteiger charge is 2.09. The normalized spacial score (nSPS) is 10.2. The van der Waals surface area contributed by atoms with Crippen LogP contribution in [0.2, 0.25) is 0 Å². The summed E-state index contributed by atoms with van der Waals surface area (Å²) in [7, 11) is 0. The number of anilines is 1. The number of ether oxygens (including phenoxy) is 1. The number of amides is 2. The Labute approximate surface area is 141 Å². The van der Waals surface area contributed by atoms with Crippen LogP contribution in [0, 0.1) is 11.6 Å². The molecule has 0 bridgehead atoms. The third kappa shape index (κ3) is 5.54. The second kappa shape index (κ2) is 8.30. The van der Waals surface area contributed by atoms with Gasteiger partial charge in [-0.1, -0.05) is 6.07 Å². The summed E-state index contributed by atoms with van der Waals surface area (Å²) in [4.78, 5) is 22.8. The molecule has 0 saturated carbocycles. The first kappa shape index (κ1) is 17.7. The Morgan fingerprint density at radius 1 is 1.17 bits per heavy atom. The highest BCUT2D eigenvalue weighted by Crippen LogP contribution is 2.23. The zero-order chi connectivity index (χ0) is 17.5. The number of halogens is 2. The second-order valence-corrected chi connectivity index (χ2v) is 5.71. The quantitative estimate of drug-likeness (QED) is 0.751. The van der Waals surface area contributed by atoms with Crippen molar-refractivity contribution in [2.75, 3.05) is 17.7 Å². The van der Waals surface area contributed by atoms with E-state index in [1.807, 2.05) is 0 Å². The van der Waals surface area contributed by atoms with Crippen LogP contribution in [0.3, 0.4) is 0 Å². The molecule has 0 radical (unpaired) electrons. The molecule has 0 saturated heterocycles. The smallest absolute Gasteiger partial charge is 0.255 e. The molecule has 0 fully saturated rings. The van der Waals surface area contributed by atoms with Crippen molar-refractivity contribution in [3.8, 4) is 5.75 Å². The second-order valence-electron chi connectivity index (χ2n) is 4.69. The van der Waals surface area contributed by atoms with Crippen LogP contribution in [0.5, 0.6) is 5.75 Å². The minimum Gasteiger partial charge on any atom is -0.484 e. The lowest BCUT2D eigenvalue weighted by Crippen LogP contribution is -2.20. The molecule has 0 aliphatic heterocycles. The molecule has 24 heavy (non-hydrogen) atoms. The van der Waals surface area contributed by atoms with Gasteiger partial charge in [0.15, 0.2) is 6.61 Å². The van der Waals surface area contributed by atoms with Crippen molar-refractivity contribution in [3.05, 3.63) is 54.1 Å². The third-order valence-corrected chi connectivity index (χ3v) is 3.80. The fourth-order valence-corrected chi connectivity index (χ4v) is 2.47. The summed E-state index contributed by atoms with van der Waals surface area (Å²) >= 11 is 0.955. The average molecular weight is 352 g/mol. The summed E-state index contributed by atoms with van der Waals surface area (Å²) in [6, 6.07) is 9.59. The molecule has 5 nitrogen and oxygen atoms in total. The summed E-state index contributed by atoms with van der Waals surface area (Å²) in [6.07, 6.45) is 0. The van der Waals surface area contributed by atoms with Crippen molar-refractivity contribution in [2.24, 2.45) is 5.73 Å². The number of carbonyl (C=O) groups excluding carboxylic acids is 2.